The topological polar surface area (TPSA) is 158 Å². The number of imide groups is 1. The predicted molar refractivity (Wildman–Crippen MR) is 179 cm³/mol. The molecule has 16 heteroatoms. The molecule has 4 heterocycles. The molecule has 0 spiro atoms. The highest BCUT2D eigenvalue weighted by Crippen LogP contribution is 2.41. The van der Waals surface area contributed by atoms with Crippen LogP contribution in [0.2, 0.25) is 0 Å². The monoisotopic (exact) mass is 693 g/mol. The molecule has 3 atom stereocenters. The van der Waals surface area contributed by atoms with Gasteiger partial charge in [-0.1, -0.05) is 6.07 Å². The quantitative estimate of drug-likeness (QED) is 0.176. The lowest BCUT2D eigenvalue weighted by Gasteiger charge is -2.41. The molecule has 1 aromatic heterocycles. The van der Waals surface area contributed by atoms with E-state index in [2.05, 4.69) is 15.4 Å². The van der Waals surface area contributed by atoms with Crippen LogP contribution < -0.4 is 25.4 Å². The highest BCUT2D eigenvalue weighted by atomic mass is 32.2. The first-order valence-corrected chi connectivity index (χ1v) is 16.5. The number of nitrogens with zero attached hydrogens (tertiary/aromatic N) is 4. The third kappa shape index (κ3) is 5.88. The Morgan fingerprint density at radius 3 is 2.59 bits per heavy atom. The Morgan fingerprint density at radius 1 is 1.08 bits per heavy atom. The number of rotatable bonds is 6. The lowest BCUT2D eigenvalue weighted by molar-refractivity contribution is -0.135. The first kappa shape index (κ1) is 32.6. The Balaban J connectivity index is 1.03. The van der Waals surface area contributed by atoms with E-state index in [-0.39, 0.29) is 67.0 Å². The number of halogens is 2. The van der Waals surface area contributed by atoms with Crippen LogP contribution in [0.25, 0.3) is 21.8 Å². The second kappa shape index (κ2) is 12.2. The van der Waals surface area contributed by atoms with Crippen LogP contribution in [0.3, 0.4) is 0 Å². The summed E-state index contributed by atoms with van der Waals surface area (Å²) in [5.41, 5.74) is -0.102. The maximum Gasteiger partial charge on any atom is 0.329 e. The molecule has 0 aliphatic carbocycles. The number of aromatic nitrogens is 2. The van der Waals surface area contributed by atoms with Crippen molar-refractivity contribution in [3.05, 3.63) is 64.3 Å². The van der Waals surface area contributed by atoms with Gasteiger partial charge >= 0.3 is 5.69 Å². The molecule has 3 aromatic carbocycles. The van der Waals surface area contributed by atoms with Gasteiger partial charge in [-0.25, -0.2) is 13.6 Å². The van der Waals surface area contributed by atoms with Gasteiger partial charge in [-0.15, -0.1) is 0 Å². The number of anilines is 2. The van der Waals surface area contributed by atoms with Crippen molar-refractivity contribution < 1.29 is 33.1 Å². The van der Waals surface area contributed by atoms with Gasteiger partial charge in [0.15, 0.2) is 5.82 Å². The number of fused-ring (bicyclic) bond motifs is 2. The van der Waals surface area contributed by atoms with E-state index in [0.29, 0.717) is 40.6 Å². The van der Waals surface area contributed by atoms with E-state index in [4.69, 9.17) is 0 Å². The zero-order chi connectivity index (χ0) is 34.8. The van der Waals surface area contributed by atoms with Crippen molar-refractivity contribution in [2.24, 2.45) is 7.05 Å². The van der Waals surface area contributed by atoms with E-state index >= 15 is 8.78 Å². The number of aromatic hydroxyl groups is 1. The van der Waals surface area contributed by atoms with Crippen molar-refractivity contribution in [2.45, 2.75) is 43.8 Å². The molecule has 4 amide bonds. The molecule has 0 saturated carbocycles. The minimum atomic E-state index is -1.72. The first-order valence-electron chi connectivity index (χ1n) is 15.7. The molecule has 0 radical (unpaired) electrons. The van der Waals surface area contributed by atoms with Gasteiger partial charge in [0, 0.05) is 37.0 Å². The Bertz CT molecular complexity index is 2130. The SMILES string of the molecule is Cn1c(=O)n(C2CCC(=O)NC2=O)c2ccc(C3CCN(CC(=O)Nc4ccc5c(F)c(N6CC(=O)NS6)c(O)cc5c4)CC3(C)F)cc21. The Morgan fingerprint density at radius 2 is 1.88 bits per heavy atom. The zero-order valence-electron chi connectivity index (χ0n) is 26.6. The molecule has 3 aliphatic heterocycles. The number of hydrogen-bond donors (Lipinski definition) is 4. The van der Waals surface area contributed by atoms with Gasteiger partial charge in [-0.3, -0.25) is 47.6 Å². The Hall–Kier alpha value is -4.96. The van der Waals surface area contributed by atoms with Gasteiger partial charge in [-0.05, 0) is 73.7 Å². The van der Waals surface area contributed by atoms with Crippen molar-refractivity contribution in [1.29, 1.82) is 0 Å². The number of phenols is 1. The second-order valence-corrected chi connectivity index (χ2v) is 13.8. The predicted octanol–water partition coefficient (Wildman–Crippen LogP) is 2.97. The van der Waals surface area contributed by atoms with Crippen LogP contribution in [-0.4, -0.2) is 74.6 Å². The number of nitrogens with one attached hydrogen (secondary N) is 3. The molecule has 7 rings (SSSR count). The smallest absolute Gasteiger partial charge is 0.329 e. The number of carbonyl (C=O) groups is 4. The van der Waals surface area contributed by atoms with Gasteiger partial charge in [0.05, 0.1) is 29.7 Å². The minimum Gasteiger partial charge on any atom is -0.506 e. The zero-order valence-corrected chi connectivity index (χ0v) is 27.4. The molecule has 3 unspecified atom stereocenters. The van der Waals surface area contributed by atoms with Crippen LogP contribution in [0.5, 0.6) is 5.75 Å². The van der Waals surface area contributed by atoms with Crippen LogP contribution in [0.4, 0.5) is 20.2 Å². The molecule has 4 N–H and O–H groups in total. The standard InChI is InChI=1S/C33H33F2N7O6S/c1-33(35)16-40(14-27(45)36-19-4-5-20-18(11-19)13-25(43)30(29(20)34)41-15-28(46)38-49-41)10-9-21(33)17-3-6-22-24(12-17)39(2)32(48)42(22)23-7-8-26(44)37-31(23)47/h3-6,11-13,21,23,43H,7-10,14-16H2,1-2H3,(H,36,45)(H,38,46)(H,37,44,47). The summed E-state index contributed by atoms with van der Waals surface area (Å²) >= 11 is 0.886. The largest absolute Gasteiger partial charge is 0.506 e. The van der Waals surface area contributed by atoms with Crippen molar-refractivity contribution in [2.75, 3.05) is 35.8 Å². The van der Waals surface area contributed by atoms with Crippen LogP contribution >= 0.6 is 12.1 Å². The number of imidazole rings is 1. The van der Waals surface area contributed by atoms with E-state index in [0.717, 1.165) is 12.1 Å². The summed E-state index contributed by atoms with van der Waals surface area (Å²) < 4.78 is 38.3. The second-order valence-electron chi connectivity index (χ2n) is 13.0. The summed E-state index contributed by atoms with van der Waals surface area (Å²) in [4.78, 5) is 63.7. The number of benzene rings is 3. The lowest BCUT2D eigenvalue weighted by Crippen LogP contribution is -2.50. The molecule has 3 fully saturated rings. The molecule has 256 valence electrons. The van der Waals surface area contributed by atoms with Crippen LogP contribution in [0, 0.1) is 5.82 Å². The first-order chi connectivity index (χ1) is 23.3. The third-order valence-electron chi connectivity index (χ3n) is 9.52. The number of phenolic OH excluding ortho intramolecular Hbond substituents is 1. The summed E-state index contributed by atoms with van der Waals surface area (Å²) in [6, 6.07) is 10.3. The molecule has 13 nitrogen and oxygen atoms in total. The van der Waals surface area contributed by atoms with Gasteiger partial charge in [0.25, 0.3) is 5.91 Å². The summed E-state index contributed by atoms with van der Waals surface area (Å²) in [7, 11) is 1.59. The summed E-state index contributed by atoms with van der Waals surface area (Å²) in [6.07, 6.45) is 0.744. The average Bonchev–Trinajstić information content (AvgIpc) is 3.56. The van der Waals surface area contributed by atoms with Crippen LogP contribution in [0.15, 0.2) is 47.3 Å². The Kier molecular flexibility index (Phi) is 8.10. The summed E-state index contributed by atoms with van der Waals surface area (Å²) in [5.74, 6) is -3.18. The molecule has 49 heavy (non-hydrogen) atoms. The molecular formula is C33H33F2N7O6S. The molecule has 4 aromatic rings. The van der Waals surface area contributed by atoms with E-state index in [1.165, 1.54) is 44.6 Å². The fourth-order valence-corrected chi connectivity index (χ4v) is 7.92. The minimum absolute atomic E-state index is 0.0230. The molecule has 0 bridgehead atoms. The van der Waals surface area contributed by atoms with E-state index in [9.17, 15) is 29.1 Å². The van der Waals surface area contributed by atoms with Crippen LogP contribution in [-0.2, 0) is 26.2 Å². The highest BCUT2D eigenvalue weighted by Gasteiger charge is 2.42. The number of amides is 4. The molecule has 3 aliphatic rings. The van der Waals surface area contributed by atoms with Crippen molar-refractivity contribution in [3.8, 4) is 5.75 Å². The van der Waals surface area contributed by atoms with Gasteiger partial charge < -0.3 is 10.4 Å². The van der Waals surface area contributed by atoms with Gasteiger partial charge in [0.2, 0.25) is 17.7 Å². The average molecular weight is 694 g/mol. The maximum atomic E-state index is 16.3. The summed E-state index contributed by atoms with van der Waals surface area (Å²) in [5, 5.41) is 16.1. The lowest BCUT2D eigenvalue weighted by atomic mass is 9.79. The number of aryl methyl sites for hydroxylation is 1. The Labute approximate surface area is 282 Å². The fourth-order valence-electron chi connectivity index (χ4n) is 7.20. The molecule has 3 saturated heterocycles. The number of hydrogen-bond acceptors (Lipinski definition) is 9. The van der Waals surface area contributed by atoms with Crippen molar-refractivity contribution in [3.63, 3.8) is 0 Å². The summed E-state index contributed by atoms with van der Waals surface area (Å²) in [6.45, 7) is 1.70. The van der Waals surface area contributed by atoms with E-state index in [1.54, 1.807) is 30.1 Å². The van der Waals surface area contributed by atoms with Crippen LogP contribution in [0.1, 0.15) is 43.7 Å². The van der Waals surface area contributed by atoms with Gasteiger partial charge in [0.1, 0.15) is 29.7 Å². The maximum absolute atomic E-state index is 16.3. The number of carbonyl (C=O) groups excluding carboxylic acids is 4. The molecular weight excluding hydrogens is 660 g/mol. The van der Waals surface area contributed by atoms with E-state index < -0.39 is 35.0 Å². The van der Waals surface area contributed by atoms with Gasteiger partial charge in [-0.2, -0.15) is 0 Å². The van der Waals surface area contributed by atoms with Crippen molar-refractivity contribution in [1.82, 2.24) is 24.1 Å². The normalized spacial score (nSPS) is 23.3. The van der Waals surface area contributed by atoms with E-state index in [1.807, 2.05) is 0 Å². The highest BCUT2D eigenvalue weighted by molar-refractivity contribution is 7.99. The fraction of sp³-hybridized carbons (Fsp3) is 0.364. The number of likely N-dealkylation sites (tertiary alicyclic amines) is 1. The number of piperidine rings is 2. The third-order valence-corrected chi connectivity index (χ3v) is 10.4. The van der Waals surface area contributed by atoms with Crippen molar-refractivity contribution >= 4 is 68.9 Å². The number of alkyl halides is 1.